The first-order valence-corrected chi connectivity index (χ1v) is 10.1. The summed E-state index contributed by atoms with van der Waals surface area (Å²) in [5.41, 5.74) is -0.167. The lowest BCUT2D eigenvalue weighted by atomic mass is 10.3. The van der Waals surface area contributed by atoms with E-state index in [1.54, 1.807) is 24.3 Å². The van der Waals surface area contributed by atoms with Gasteiger partial charge in [0.1, 0.15) is 0 Å². The van der Waals surface area contributed by atoms with E-state index in [2.05, 4.69) is 5.32 Å². The van der Waals surface area contributed by atoms with Gasteiger partial charge in [-0.3, -0.25) is 14.9 Å². The Morgan fingerprint density at radius 3 is 2.68 bits per heavy atom. The van der Waals surface area contributed by atoms with Crippen LogP contribution in [-0.4, -0.2) is 31.6 Å². The second-order valence-corrected chi connectivity index (χ2v) is 7.79. The highest BCUT2D eigenvalue weighted by Crippen LogP contribution is 2.30. The molecule has 10 nitrogen and oxygen atoms in total. The van der Waals surface area contributed by atoms with Crippen LogP contribution in [0, 0.1) is 21.4 Å². The number of carbonyl (C=O) groups is 1. The molecule has 0 spiro atoms. The van der Waals surface area contributed by atoms with Crippen molar-refractivity contribution in [2.45, 2.75) is 9.79 Å². The molecular formula is C16H14N4O6S2. The van der Waals surface area contributed by atoms with Crippen LogP contribution in [0.4, 0.5) is 11.4 Å². The zero-order chi connectivity index (χ0) is 20.7. The third-order valence-electron chi connectivity index (χ3n) is 3.27. The summed E-state index contributed by atoms with van der Waals surface area (Å²) < 4.78 is 27.8. The Labute approximate surface area is 164 Å². The van der Waals surface area contributed by atoms with E-state index >= 15 is 0 Å². The van der Waals surface area contributed by atoms with E-state index in [9.17, 15) is 23.3 Å². The number of hydrogen-bond acceptors (Lipinski definition) is 8. The van der Waals surface area contributed by atoms with Crippen LogP contribution in [-0.2, 0) is 14.8 Å². The minimum atomic E-state index is -4.12. The van der Waals surface area contributed by atoms with Crippen LogP contribution in [0.15, 0.2) is 52.3 Å². The van der Waals surface area contributed by atoms with Gasteiger partial charge in [0.2, 0.25) is 10.0 Å². The van der Waals surface area contributed by atoms with Crippen LogP contribution in [0.2, 0.25) is 0 Å². The van der Waals surface area contributed by atoms with E-state index in [0.29, 0.717) is 10.6 Å². The van der Waals surface area contributed by atoms with Crippen molar-refractivity contribution in [2.75, 3.05) is 17.7 Å². The van der Waals surface area contributed by atoms with Crippen molar-refractivity contribution >= 4 is 39.1 Å². The van der Waals surface area contributed by atoms with Crippen LogP contribution < -0.4 is 15.2 Å². The van der Waals surface area contributed by atoms with Crippen LogP contribution >= 0.6 is 11.8 Å². The topological polar surface area (TPSA) is 165 Å². The van der Waals surface area contributed by atoms with Gasteiger partial charge < -0.3 is 10.1 Å². The van der Waals surface area contributed by atoms with Crippen molar-refractivity contribution in [1.82, 2.24) is 0 Å². The normalized spacial score (nSPS) is 10.7. The number of para-hydroxylation sites is 1. The number of primary sulfonamides is 1. The first kappa shape index (κ1) is 21.2. The summed E-state index contributed by atoms with van der Waals surface area (Å²) >= 11 is 1.24. The van der Waals surface area contributed by atoms with Gasteiger partial charge in [-0.05, 0) is 24.3 Å². The molecular weight excluding hydrogens is 408 g/mol. The Morgan fingerprint density at radius 2 is 2.04 bits per heavy atom. The molecule has 0 heterocycles. The molecule has 0 saturated heterocycles. The van der Waals surface area contributed by atoms with Crippen molar-refractivity contribution in [1.29, 1.82) is 5.26 Å². The summed E-state index contributed by atoms with van der Waals surface area (Å²) in [6.45, 7) is -0.549. The minimum Gasteiger partial charge on any atom is -0.477 e. The molecule has 0 unspecified atom stereocenters. The standard InChI is InChI=1S/C16H14N4O6S2/c17-7-8-27-15-4-2-1-3-12(15)19-16(21)10-26-14-6-5-11(28(18,24)25)9-13(14)20(22)23/h1-6,9H,8,10H2,(H,19,21)(H2,18,24,25). The molecule has 0 atom stereocenters. The Kier molecular flexibility index (Phi) is 6.94. The maximum Gasteiger partial charge on any atom is 0.312 e. The number of benzene rings is 2. The van der Waals surface area contributed by atoms with Crippen LogP contribution in [0.3, 0.4) is 0 Å². The Morgan fingerprint density at radius 1 is 1.32 bits per heavy atom. The lowest BCUT2D eigenvalue weighted by Crippen LogP contribution is -2.21. The Balaban J connectivity index is 2.11. The van der Waals surface area contributed by atoms with Crippen molar-refractivity contribution in [3.63, 3.8) is 0 Å². The first-order valence-electron chi connectivity index (χ1n) is 7.55. The molecule has 1 amide bonds. The van der Waals surface area contributed by atoms with E-state index in [4.69, 9.17) is 15.1 Å². The van der Waals surface area contributed by atoms with Crippen LogP contribution in [0.1, 0.15) is 0 Å². The zero-order valence-electron chi connectivity index (χ0n) is 14.2. The van der Waals surface area contributed by atoms with Crippen molar-refractivity contribution in [3.05, 3.63) is 52.6 Å². The number of ether oxygens (including phenoxy) is 1. The minimum absolute atomic E-state index is 0.200. The average molecular weight is 422 g/mol. The molecule has 28 heavy (non-hydrogen) atoms. The monoisotopic (exact) mass is 422 g/mol. The average Bonchev–Trinajstić information content (AvgIpc) is 2.64. The highest BCUT2D eigenvalue weighted by Gasteiger charge is 2.21. The Bertz CT molecular complexity index is 1050. The van der Waals surface area contributed by atoms with Crippen LogP contribution in [0.5, 0.6) is 5.75 Å². The number of nitriles is 1. The number of nitro groups is 1. The second-order valence-electron chi connectivity index (χ2n) is 5.21. The van der Waals surface area contributed by atoms with Gasteiger partial charge in [0.15, 0.2) is 12.4 Å². The predicted molar refractivity (Wildman–Crippen MR) is 101 cm³/mol. The maximum absolute atomic E-state index is 12.1. The van der Waals surface area contributed by atoms with E-state index < -0.39 is 38.0 Å². The summed E-state index contributed by atoms with van der Waals surface area (Å²) in [5.74, 6) is -0.666. The van der Waals surface area contributed by atoms with Gasteiger partial charge in [-0.15, -0.1) is 11.8 Å². The molecule has 0 fully saturated rings. The fourth-order valence-electron chi connectivity index (χ4n) is 2.07. The summed E-state index contributed by atoms with van der Waals surface area (Å²) in [7, 11) is -4.12. The van der Waals surface area contributed by atoms with Gasteiger partial charge in [0.05, 0.1) is 27.3 Å². The Hall–Kier alpha value is -3.14. The molecule has 0 saturated carbocycles. The molecule has 0 radical (unpaired) electrons. The van der Waals surface area contributed by atoms with Crippen molar-refractivity contribution in [3.8, 4) is 11.8 Å². The smallest absolute Gasteiger partial charge is 0.312 e. The number of nitrogens with one attached hydrogen (secondary N) is 1. The van der Waals surface area contributed by atoms with Gasteiger partial charge in [-0.25, -0.2) is 13.6 Å². The lowest BCUT2D eigenvalue weighted by Gasteiger charge is -2.11. The number of thioether (sulfide) groups is 1. The number of sulfonamides is 1. The van der Waals surface area contributed by atoms with Gasteiger partial charge in [-0.1, -0.05) is 12.1 Å². The first-order chi connectivity index (χ1) is 13.2. The highest BCUT2D eigenvalue weighted by molar-refractivity contribution is 7.99. The number of nitro benzene ring substituents is 1. The molecule has 2 aromatic carbocycles. The van der Waals surface area contributed by atoms with E-state index in [1.165, 1.54) is 11.8 Å². The van der Waals surface area contributed by atoms with E-state index in [0.717, 1.165) is 18.2 Å². The molecule has 0 aliphatic heterocycles. The quantitative estimate of drug-likeness (QED) is 0.369. The van der Waals surface area contributed by atoms with Crippen molar-refractivity contribution < 1.29 is 22.9 Å². The summed E-state index contributed by atoms with van der Waals surface area (Å²) in [4.78, 5) is 22.7. The van der Waals surface area contributed by atoms with Gasteiger partial charge >= 0.3 is 5.69 Å². The summed E-state index contributed by atoms with van der Waals surface area (Å²) in [5, 5.41) is 27.4. The number of carbonyl (C=O) groups excluding carboxylic acids is 1. The van der Waals surface area contributed by atoms with Crippen molar-refractivity contribution in [2.24, 2.45) is 5.14 Å². The molecule has 0 aliphatic carbocycles. The van der Waals surface area contributed by atoms with E-state index in [-0.39, 0.29) is 11.5 Å². The van der Waals surface area contributed by atoms with Gasteiger partial charge in [0.25, 0.3) is 5.91 Å². The molecule has 0 aliphatic rings. The SMILES string of the molecule is N#CCSc1ccccc1NC(=O)COc1ccc(S(N)(=O)=O)cc1[N+](=O)[O-]. The largest absolute Gasteiger partial charge is 0.477 e. The summed E-state index contributed by atoms with van der Waals surface area (Å²) in [6.07, 6.45) is 0. The predicted octanol–water partition coefficient (Wildman–Crippen LogP) is 1.88. The van der Waals surface area contributed by atoms with E-state index in [1.807, 2.05) is 6.07 Å². The number of amides is 1. The lowest BCUT2D eigenvalue weighted by molar-refractivity contribution is -0.386. The summed E-state index contributed by atoms with van der Waals surface area (Å²) in [6, 6.07) is 11.7. The number of rotatable bonds is 8. The molecule has 3 N–H and O–H groups in total. The molecule has 0 aromatic heterocycles. The second kappa shape index (κ2) is 9.18. The van der Waals surface area contributed by atoms with Crippen LogP contribution in [0.25, 0.3) is 0 Å². The van der Waals surface area contributed by atoms with Gasteiger partial charge in [0, 0.05) is 11.0 Å². The molecule has 12 heteroatoms. The zero-order valence-corrected chi connectivity index (χ0v) is 15.8. The molecule has 2 aromatic rings. The number of hydrogen-bond donors (Lipinski definition) is 2. The van der Waals surface area contributed by atoms with Gasteiger partial charge in [-0.2, -0.15) is 5.26 Å². The fraction of sp³-hybridized carbons (Fsp3) is 0.125. The fourth-order valence-corrected chi connectivity index (χ4v) is 3.28. The molecule has 146 valence electrons. The highest BCUT2D eigenvalue weighted by atomic mass is 32.2. The number of nitrogens with zero attached hydrogens (tertiary/aromatic N) is 2. The number of anilines is 1. The molecule has 2 rings (SSSR count). The third kappa shape index (κ3) is 5.68. The maximum atomic E-state index is 12.1. The molecule has 0 bridgehead atoms. The third-order valence-corrected chi connectivity index (χ3v) is 5.12. The number of nitrogens with two attached hydrogens (primary N) is 1.